The first-order valence-electron chi connectivity index (χ1n) is 5.72. The molecule has 16 heavy (non-hydrogen) atoms. The van der Waals surface area contributed by atoms with Crippen LogP contribution in [-0.2, 0) is 11.2 Å². The summed E-state index contributed by atoms with van der Waals surface area (Å²) in [6, 6.07) is 7.87. The SMILES string of the molecule is O=C1Cc2ccccc2N1C12CC(F)(C1)C2. The second-order valence-electron chi connectivity index (χ2n) is 5.44. The van der Waals surface area contributed by atoms with Gasteiger partial charge in [-0.25, -0.2) is 4.39 Å². The number of nitrogens with zero attached hydrogens (tertiary/aromatic N) is 1. The quantitative estimate of drug-likeness (QED) is 0.706. The Bertz CT molecular complexity index is 491. The Morgan fingerprint density at radius 1 is 1.19 bits per heavy atom. The van der Waals surface area contributed by atoms with E-state index in [9.17, 15) is 9.18 Å². The van der Waals surface area contributed by atoms with Crippen LogP contribution in [0.5, 0.6) is 0 Å². The Balaban J connectivity index is 1.77. The van der Waals surface area contributed by atoms with Crippen LogP contribution >= 0.6 is 0 Å². The van der Waals surface area contributed by atoms with E-state index in [4.69, 9.17) is 0 Å². The number of fused-ring (bicyclic) bond motifs is 1. The highest BCUT2D eigenvalue weighted by atomic mass is 19.1. The van der Waals surface area contributed by atoms with E-state index in [-0.39, 0.29) is 11.4 Å². The highest BCUT2D eigenvalue weighted by Crippen LogP contribution is 2.67. The summed E-state index contributed by atoms with van der Waals surface area (Å²) in [6.45, 7) is 0. The number of amides is 1. The second kappa shape index (κ2) is 2.31. The minimum Gasteiger partial charge on any atom is -0.305 e. The molecular weight excluding hydrogens is 205 g/mol. The maximum atomic E-state index is 13.5. The zero-order valence-corrected chi connectivity index (χ0v) is 8.87. The van der Waals surface area contributed by atoms with Crippen molar-refractivity contribution >= 4 is 11.6 Å². The molecule has 1 amide bonds. The number of halogens is 1. The number of hydrogen-bond acceptors (Lipinski definition) is 1. The number of carbonyl (C=O) groups is 1. The summed E-state index contributed by atoms with van der Waals surface area (Å²) in [5.41, 5.74) is 0.982. The topological polar surface area (TPSA) is 20.3 Å². The van der Waals surface area contributed by atoms with E-state index in [1.807, 2.05) is 29.2 Å². The summed E-state index contributed by atoms with van der Waals surface area (Å²) in [5.74, 6) is 0.142. The fourth-order valence-electron chi connectivity index (χ4n) is 3.63. The van der Waals surface area contributed by atoms with E-state index in [0.717, 1.165) is 11.3 Å². The molecule has 1 aromatic rings. The lowest BCUT2D eigenvalue weighted by Crippen LogP contribution is -2.77. The normalized spacial score (nSPS) is 39.1. The first-order chi connectivity index (χ1) is 7.62. The van der Waals surface area contributed by atoms with Crippen molar-refractivity contribution in [3.63, 3.8) is 0 Å². The van der Waals surface area contributed by atoms with Gasteiger partial charge in [-0.2, -0.15) is 0 Å². The molecule has 3 saturated carbocycles. The highest BCUT2D eigenvalue weighted by Gasteiger charge is 2.73. The molecule has 1 aliphatic heterocycles. The van der Waals surface area contributed by atoms with Crippen molar-refractivity contribution in [2.45, 2.75) is 36.9 Å². The van der Waals surface area contributed by atoms with Crippen molar-refractivity contribution in [1.82, 2.24) is 0 Å². The van der Waals surface area contributed by atoms with Gasteiger partial charge in [-0.05, 0) is 11.6 Å². The van der Waals surface area contributed by atoms with Crippen LogP contribution in [0.1, 0.15) is 24.8 Å². The maximum absolute atomic E-state index is 13.5. The predicted molar refractivity (Wildman–Crippen MR) is 58.1 cm³/mol. The molecule has 0 radical (unpaired) electrons. The van der Waals surface area contributed by atoms with Crippen LogP contribution in [0.2, 0.25) is 0 Å². The molecule has 3 heteroatoms. The van der Waals surface area contributed by atoms with Crippen molar-refractivity contribution < 1.29 is 9.18 Å². The van der Waals surface area contributed by atoms with Crippen LogP contribution in [0.25, 0.3) is 0 Å². The van der Waals surface area contributed by atoms with E-state index < -0.39 is 5.67 Å². The van der Waals surface area contributed by atoms with E-state index >= 15 is 0 Å². The van der Waals surface area contributed by atoms with E-state index in [0.29, 0.717) is 25.7 Å². The molecule has 3 aliphatic carbocycles. The highest BCUT2D eigenvalue weighted by molar-refractivity contribution is 6.03. The maximum Gasteiger partial charge on any atom is 0.232 e. The zero-order chi connectivity index (χ0) is 11.0. The molecule has 5 rings (SSSR count). The van der Waals surface area contributed by atoms with Gasteiger partial charge in [-0.1, -0.05) is 18.2 Å². The second-order valence-corrected chi connectivity index (χ2v) is 5.44. The van der Waals surface area contributed by atoms with Gasteiger partial charge in [-0.15, -0.1) is 0 Å². The van der Waals surface area contributed by atoms with Crippen molar-refractivity contribution in [2.24, 2.45) is 0 Å². The molecule has 4 aliphatic rings. The fourth-order valence-corrected chi connectivity index (χ4v) is 3.63. The first-order valence-corrected chi connectivity index (χ1v) is 5.72. The molecule has 0 spiro atoms. The van der Waals surface area contributed by atoms with Gasteiger partial charge in [0.1, 0.15) is 5.67 Å². The Labute approximate surface area is 93.1 Å². The summed E-state index contributed by atoms with van der Waals surface area (Å²) < 4.78 is 13.5. The molecule has 0 saturated heterocycles. The molecule has 0 unspecified atom stereocenters. The van der Waals surface area contributed by atoms with Crippen LogP contribution in [0, 0.1) is 0 Å². The molecule has 0 aromatic heterocycles. The van der Waals surface area contributed by atoms with E-state index in [1.54, 1.807) is 0 Å². The van der Waals surface area contributed by atoms with Crippen molar-refractivity contribution in [1.29, 1.82) is 0 Å². The van der Waals surface area contributed by atoms with E-state index in [2.05, 4.69) is 0 Å². The summed E-state index contributed by atoms with van der Waals surface area (Å²) in [5, 5.41) is 0. The van der Waals surface area contributed by atoms with Crippen LogP contribution in [-0.4, -0.2) is 17.1 Å². The average molecular weight is 217 g/mol. The third-order valence-corrected chi connectivity index (χ3v) is 4.24. The van der Waals surface area contributed by atoms with Gasteiger partial charge in [0.15, 0.2) is 0 Å². The molecule has 82 valence electrons. The number of hydrogen-bond donors (Lipinski definition) is 0. The van der Waals surface area contributed by atoms with Gasteiger partial charge in [0.2, 0.25) is 5.91 Å². The van der Waals surface area contributed by atoms with Crippen LogP contribution < -0.4 is 4.90 Å². The monoisotopic (exact) mass is 217 g/mol. The van der Waals surface area contributed by atoms with Gasteiger partial charge in [0.25, 0.3) is 0 Å². The minimum atomic E-state index is -0.947. The molecule has 1 heterocycles. The smallest absolute Gasteiger partial charge is 0.232 e. The van der Waals surface area contributed by atoms with E-state index in [1.165, 1.54) is 0 Å². The Kier molecular flexibility index (Phi) is 1.26. The standard InChI is InChI=1S/C13H12FNO/c14-12-6-13(7-12,8-12)15-10-4-2-1-3-9(10)5-11(15)16/h1-4H,5-8H2. The number of anilines is 1. The third-order valence-electron chi connectivity index (χ3n) is 4.24. The molecule has 0 N–H and O–H groups in total. The lowest BCUT2D eigenvalue weighted by molar-refractivity contribution is -0.159. The first kappa shape index (κ1) is 8.74. The van der Waals surface area contributed by atoms with Gasteiger partial charge in [-0.3, -0.25) is 4.79 Å². The number of benzene rings is 1. The largest absolute Gasteiger partial charge is 0.305 e. The van der Waals surface area contributed by atoms with Gasteiger partial charge in [0.05, 0.1) is 12.0 Å². The lowest BCUT2D eigenvalue weighted by atomic mass is 9.46. The zero-order valence-electron chi connectivity index (χ0n) is 8.87. The van der Waals surface area contributed by atoms with Crippen molar-refractivity contribution in [3.8, 4) is 0 Å². The summed E-state index contributed by atoms with van der Waals surface area (Å²) >= 11 is 0. The molecular formula is C13H12FNO. The van der Waals surface area contributed by atoms with Crippen LogP contribution in [0.3, 0.4) is 0 Å². The summed E-state index contributed by atoms with van der Waals surface area (Å²) in [7, 11) is 0. The number of rotatable bonds is 1. The van der Waals surface area contributed by atoms with Crippen LogP contribution in [0.4, 0.5) is 10.1 Å². The minimum absolute atomic E-state index is 0.142. The van der Waals surface area contributed by atoms with Crippen LogP contribution in [0.15, 0.2) is 24.3 Å². The number of alkyl halides is 1. The Hall–Kier alpha value is -1.38. The van der Waals surface area contributed by atoms with Crippen molar-refractivity contribution in [3.05, 3.63) is 29.8 Å². The average Bonchev–Trinajstić information content (AvgIpc) is 2.48. The summed E-state index contributed by atoms with van der Waals surface area (Å²) in [6.07, 6.45) is 2.11. The van der Waals surface area contributed by atoms with Gasteiger partial charge < -0.3 is 4.90 Å². The number of carbonyl (C=O) groups excluding carboxylic acids is 1. The predicted octanol–water partition coefficient (Wildman–Crippen LogP) is 2.22. The third kappa shape index (κ3) is 0.819. The lowest BCUT2D eigenvalue weighted by Gasteiger charge is -2.68. The molecule has 2 bridgehead atoms. The van der Waals surface area contributed by atoms with Gasteiger partial charge >= 0.3 is 0 Å². The molecule has 3 fully saturated rings. The molecule has 1 aromatic carbocycles. The molecule has 0 atom stereocenters. The summed E-state index contributed by atoms with van der Waals surface area (Å²) in [4.78, 5) is 13.9. The Morgan fingerprint density at radius 2 is 1.88 bits per heavy atom. The Morgan fingerprint density at radius 3 is 2.56 bits per heavy atom. The number of para-hydroxylation sites is 1. The van der Waals surface area contributed by atoms with Gasteiger partial charge in [0, 0.05) is 24.9 Å². The molecule has 2 nitrogen and oxygen atoms in total. The fraction of sp³-hybridized carbons (Fsp3) is 0.462. The van der Waals surface area contributed by atoms with Crippen molar-refractivity contribution in [2.75, 3.05) is 4.90 Å².